The summed E-state index contributed by atoms with van der Waals surface area (Å²) >= 11 is 0. The molecule has 0 aromatic heterocycles. The summed E-state index contributed by atoms with van der Waals surface area (Å²) in [6.45, 7) is 3.95. The highest BCUT2D eigenvalue weighted by atomic mass is 16.5. The Morgan fingerprint density at radius 3 is 2.27 bits per heavy atom. The second-order valence-electron chi connectivity index (χ2n) is 4.96. The van der Waals surface area contributed by atoms with Gasteiger partial charge in [0.1, 0.15) is 0 Å². The molecule has 4 heteroatoms. The van der Waals surface area contributed by atoms with Gasteiger partial charge in [-0.25, -0.2) is 4.79 Å². The van der Waals surface area contributed by atoms with E-state index >= 15 is 0 Å². The van der Waals surface area contributed by atoms with Gasteiger partial charge in [0.05, 0.1) is 5.60 Å². The number of carboxylic acid groups (broad SMARTS) is 1. The van der Waals surface area contributed by atoms with Crippen molar-refractivity contribution in [2.45, 2.75) is 44.8 Å². The zero-order valence-corrected chi connectivity index (χ0v) is 9.87. The third-order valence-corrected chi connectivity index (χ3v) is 3.24. The average molecular weight is 216 g/mol. The Morgan fingerprint density at radius 1 is 1.47 bits per heavy atom. The van der Waals surface area contributed by atoms with Gasteiger partial charge in [-0.05, 0) is 33.1 Å². The number of carbonyl (C=O) groups is 1. The molecule has 1 N–H and O–H groups in total. The molecule has 0 spiro atoms. The molecule has 88 valence electrons. The zero-order valence-electron chi connectivity index (χ0n) is 9.87. The molecule has 0 aromatic rings. The molecule has 0 saturated heterocycles. The fourth-order valence-electron chi connectivity index (χ4n) is 2.22. The van der Waals surface area contributed by atoms with Crippen LogP contribution in [-0.4, -0.2) is 37.0 Å². The topological polar surface area (TPSA) is 55.8 Å². The number of hydrogen-bond acceptors (Lipinski definition) is 3. The van der Waals surface area contributed by atoms with Crippen LogP contribution in [0.3, 0.4) is 0 Å². The van der Waals surface area contributed by atoms with Gasteiger partial charge in [0.2, 0.25) is 0 Å². The molecule has 0 aromatic carbocycles. The summed E-state index contributed by atoms with van der Waals surface area (Å²) in [4.78, 5) is 11.0. The van der Waals surface area contributed by atoms with Crippen molar-refractivity contribution >= 4 is 5.97 Å². The largest absolute Gasteiger partial charge is 0.479 e. The molecule has 0 heterocycles. The summed E-state index contributed by atoms with van der Waals surface area (Å²) in [7, 11) is 3.11. The van der Waals surface area contributed by atoms with Crippen molar-refractivity contribution in [3.63, 3.8) is 0 Å². The first-order valence-corrected chi connectivity index (χ1v) is 5.18. The third-order valence-electron chi connectivity index (χ3n) is 3.24. The van der Waals surface area contributed by atoms with E-state index in [0.29, 0.717) is 0 Å². The van der Waals surface area contributed by atoms with Crippen LogP contribution in [0.2, 0.25) is 0 Å². The number of aliphatic carboxylic acids is 1. The summed E-state index contributed by atoms with van der Waals surface area (Å²) in [5, 5.41) is 9.05. The van der Waals surface area contributed by atoms with Crippen LogP contribution in [0.1, 0.15) is 33.1 Å². The fraction of sp³-hybridized carbons (Fsp3) is 0.909. The van der Waals surface area contributed by atoms with Crippen LogP contribution in [-0.2, 0) is 14.3 Å². The highest BCUT2D eigenvalue weighted by molar-refractivity contribution is 5.74. The van der Waals surface area contributed by atoms with Gasteiger partial charge in [-0.1, -0.05) is 0 Å². The summed E-state index contributed by atoms with van der Waals surface area (Å²) in [6, 6.07) is 0. The quantitative estimate of drug-likeness (QED) is 0.734. The van der Waals surface area contributed by atoms with Gasteiger partial charge in [-0.3, -0.25) is 0 Å². The van der Waals surface area contributed by atoms with Gasteiger partial charge in [0.15, 0.2) is 6.10 Å². The lowest BCUT2D eigenvalue weighted by molar-refractivity contribution is -0.155. The Labute approximate surface area is 90.6 Å². The van der Waals surface area contributed by atoms with Crippen molar-refractivity contribution in [1.82, 2.24) is 0 Å². The van der Waals surface area contributed by atoms with Gasteiger partial charge >= 0.3 is 5.97 Å². The van der Waals surface area contributed by atoms with E-state index in [9.17, 15) is 4.79 Å². The number of ether oxygens (including phenoxy) is 2. The van der Waals surface area contributed by atoms with Gasteiger partial charge in [-0.2, -0.15) is 0 Å². The lowest BCUT2D eigenvalue weighted by Gasteiger charge is -2.31. The maximum Gasteiger partial charge on any atom is 0.333 e. The number of carboxylic acids is 1. The molecule has 1 aliphatic rings. The average Bonchev–Trinajstić information content (AvgIpc) is 2.85. The molecule has 15 heavy (non-hydrogen) atoms. The molecule has 0 amide bonds. The monoisotopic (exact) mass is 216 g/mol. The molecule has 1 aliphatic carbocycles. The first-order chi connectivity index (χ1) is 6.87. The Morgan fingerprint density at radius 2 is 2.00 bits per heavy atom. The van der Waals surface area contributed by atoms with E-state index in [1.807, 2.05) is 13.8 Å². The SMILES string of the molecule is COC(C(=O)O)C1(CC(C)(C)OC)CC1. The van der Waals surface area contributed by atoms with Gasteiger partial charge in [0, 0.05) is 19.6 Å². The van der Waals surface area contributed by atoms with Crippen molar-refractivity contribution in [1.29, 1.82) is 0 Å². The Kier molecular flexibility index (Phi) is 3.41. The molecule has 0 aliphatic heterocycles. The first-order valence-electron chi connectivity index (χ1n) is 5.18. The molecule has 1 rings (SSSR count). The second-order valence-corrected chi connectivity index (χ2v) is 4.96. The molecule has 1 unspecified atom stereocenters. The lowest BCUT2D eigenvalue weighted by atomic mass is 9.86. The van der Waals surface area contributed by atoms with Crippen LogP contribution in [0.4, 0.5) is 0 Å². The van der Waals surface area contributed by atoms with E-state index in [2.05, 4.69) is 0 Å². The molecular weight excluding hydrogens is 196 g/mol. The van der Waals surface area contributed by atoms with E-state index < -0.39 is 12.1 Å². The Balaban J connectivity index is 2.71. The molecule has 1 atom stereocenters. The highest BCUT2D eigenvalue weighted by Crippen LogP contribution is 2.55. The van der Waals surface area contributed by atoms with Crippen LogP contribution in [0.15, 0.2) is 0 Å². The molecular formula is C11H20O4. The number of hydrogen-bond donors (Lipinski definition) is 1. The third kappa shape index (κ3) is 2.69. The zero-order chi connectivity index (χ0) is 11.7. The second kappa shape index (κ2) is 4.10. The van der Waals surface area contributed by atoms with Crippen LogP contribution in [0, 0.1) is 5.41 Å². The summed E-state index contributed by atoms with van der Waals surface area (Å²) < 4.78 is 10.4. The molecule has 0 radical (unpaired) electrons. The van der Waals surface area contributed by atoms with Crippen LogP contribution < -0.4 is 0 Å². The number of rotatable bonds is 6. The molecule has 4 nitrogen and oxygen atoms in total. The normalized spacial score (nSPS) is 21.1. The molecule has 1 saturated carbocycles. The van der Waals surface area contributed by atoms with Gasteiger partial charge in [0.25, 0.3) is 0 Å². The van der Waals surface area contributed by atoms with E-state index in [4.69, 9.17) is 14.6 Å². The minimum absolute atomic E-state index is 0.222. The lowest BCUT2D eigenvalue weighted by Crippen LogP contribution is -2.38. The summed E-state index contributed by atoms with van der Waals surface area (Å²) in [6.07, 6.45) is 1.84. The number of methoxy groups -OCH3 is 2. The van der Waals surface area contributed by atoms with Crippen molar-refractivity contribution in [2.75, 3.05) is 14.2 Å². The van der Waals surface area contributed by atoms with Crippen LogP contribution in [0.25, 0.3) is 0 Å². The van der Waals surface area contributed by atoms with Crippen molar-refractivity contribution in [3.8, 4) is 0 Å². The van der Waals surface area contributed by atoms with E-state index in [0.717, 1.165) is 19.3 Å². The van der Waals surface area contributed by atoms with Crippen molar-refractivity contribution in [2.24, 2.45) is 5.41 Å². The maximum absolute atomic E-state index is 11.0. The minimum Gasteiger partial charge on any atom is -0.479 e. The highest BCUT2D eigenvalue weighted by Gasteiger charge is 2.55. The van der Waals surface area contributed by atoms with Gasteiger partial charge < -0.3 is 14.6 Å². The predicted molar refractivity (Wildman–Crippen MR) is 55.8 cm³/mol. The van der Waals surface area contributed by atoms with E-state index in [-0.39, 0.29) is 11.0 Å². The molecule has 0 bridgehead atoms. The van der Waals surface area contributed by atoms with Gasteiger partial charge in [-0.15, -0.1) is 0 Å². The standard InChI is InChI=1S/C11H20O4/c1-10(2,15-4)7-11(5-6-11)8(14-3)9(12)13/h8H,5-7H2,1-4H3,(H,12,13). The Bertz CT molecular complexity index is 243. The van der Waals surface area contributed by atoms with Crippen LogP contribution in [0.5, 0.6) is 0 Å². The van der Waals surface area contributed by atoms with Crippen LogP contribution >= 0.6 is 0 Å². The van der Waals surface area contributed by atoms with Crippen molar-refractivity contribution < 1.29 is 19.4 Å². The predicted octanol–water partition coefficient (Wildman–Crippen LogP) is 1.68. The van der Waals surface area contributed by atoms with E-state index in [1.165, 1.54) is 7.11 Å². The van der Waals surface area contributed by atoms with E-state index in [1.54, 1.807) is 7.11 Å². The summed E-state index contributed by atoms with van der Waals surface area (Å²) in [5.74, 6) is -0.873. The minimum atomic E-state index is -0.873. The summed E-state index contributed by atoms with van der Waals surface area (Å²) in [5.41, 5.74) is -0.511. The van der Waals surface area contributed by atoms with Crippen molar-refractivity contribution in [3.05, 3.63) is 0 Å². The first kappa shape index (κ1) is 12.5. The fourth-order valence-corrected chi connectivity index (χ4v) is 2.22. The maximum atomic E-state index is 11.0. The molecule has 1 fully saturated rings. The Hall–Kier alpha value is -0.610. The smallest absolute Gasteiger partial charge is 0.333 e.